The third-order valence-electron chi connectivity index (χ3n) is 4.86. The van der Waals surface area contributed by atoms with Crippen molar-refractivity contribution in [3.8, 4) is 0 Å². The van der Waals surface area contributed by atoms with Crippen molar-refractivity contribution in [3.63, 3.8) is 0 Å². The first kappa shape index (κ1) is 15.3. The number of thiazole rings is 1. The number of nitrogens with zero attached hydrogens (tertiary/aromatic N) is 1. The smallest absolute Gasteiger partial charge is 0.229 e. The van der Waals surface area contributed by atoms with E-state index in [2.05, 4.69) is 34.0 Å². The van der Waals surface area contributed by atoms with E-state index in [0.717, 1.165) is 37.5 Å². The number of thiophene rings is 1. The molecular weight excluding hydrogens is 326 g/mol. The van der Waals surface area contributed by atoms with Gasteiger partial charge in [0.05, 0.1) is 0 Å². The van der Waals surface area contributed by atoms with Crippen molar-refractivity contribution < 1.29 is 4.79 Å². The second-order valence-electron chi connectivity index (χ2n) is 6.50. The molecule has 0 bridgehead atoms. The minimum atomic E-state index is 0.124. The highest BCUT2D eigenvalue weighted by atomic mass is 32.1. The zero-order valence-corrected chi connectivity index (χ0v) is 14.8. The molecule has 1 saturated carbocycles. The van der Waals surface area contributed by atoms with Crippen LogP contribution in [0.4, 0.5) is 5.13 Å². The molecule has 2 N–H and O–H groups in total. The minimum Gasteiger partial charge on any atom is -0.317 e. The van der Waals surface area contributed by atoms with Gasteiger partial charge in [0.25, 0.3) is 0 Å². The fourth-order valence-corrected chi connectivity index (χ4v) is 5.47. The van der Waals surface area contributed by atoms with Gasteiger partial charge in [0.1, 0.15) is 0 Å². The molecule has 0 aromatic carbocycles. The summed E-state index contributed by atoms with van der Waals surface area (Å²) >= 11 is 3.42. The predicted octanol–water partition coefficient (Wildman–Crippen LogP) is 3.72. The van der Waals surface area contributed by atoms with Gasteiger partial charge in [-0.25, -0.2) is 4.98 Å². The third-order valence-corrected chi connectivity index (χ3v) is 7.09. The number of amides is 1. The van der Waals surface area contributed by atoms with Gasteiger partial charge in [0, 0.05) is 27.8 Å². The summed E-state index contributed by atoms with van der Waals surface area (Å²) in [4.78, 5) is 19.5. The maximum Gasteiger partial charge on any atom is 0.229 e. The number of rotatable bonds is 4. The zero-order valence-electron chi connectivity index (χ0n) is 13.2. The first-order valence-electron chi connectivity index (χ1n) is 8.23. The van der Waals surface area contributed by atoms with Crippen LogP contribution in [0.5, 0.6) is 0 Å². The predicted molar refractivity (Wildman–Crippen MR) is 95.5 cm³/mol. The van der Waals surface area contributed by atoms with Crippen molar-refractivity contribution in [1.82, 2.24) is 10.3 Å². The number of aryl methyl sites for hydroxylation is 1. The largest absolute Gasteiger partial charge is 0.317 e. The summed E-state index contributed by atoms with van der Waals surface area (Å²) < 4.78 is 0. The quantitative estimate of drug-likeness (QED) is 0.886. The highest BCUT2D eigenvalue weighted by Crippen LogP contribution is 2.50. The molecule has 2 fully saturated rings. The van der Waals surface area contributed by atoms with Crippen molar-refractivity contribution in [3.05, 3.63) is 33.0 Å². The summed E-state index contributed by atoms with van der Waals surface area (Å²) in [5.41, 5.74) is 1.32. The molecule has 2 aromatic heterocycles. The third kappa shape index (κ3) is 3.20. The summed E-state index contributed by atoms with van der Waals surface area (Å²) in [6.07, 6.45) is 5.25. The van der Waals surface area contributed by atoms with Crippen molar-refractivity contribution in [2.24, 2.45) is 5.92 Å². The molecule has 2 unspecified atom stereocenters. The van der Waals surface area contributed by atoms with Gasteiger partial charge in [0.15, 0.2) is 5.13 Å². The summed E-state index contributed by atoms with van der Waals surface area (Å²) in [7, 11) is 0. The molecule has 1 amide bonds. The van der Waals surface area contributed by atoms with Crippen LogP contribution >= 0.6 is 22.7 Å². The zero-order chi connectivity index (χ0) is 15.8. The number of hydrogen-bond acceptors (Lipinski definition) is 5. The van der Waals surface area contributed by atoms with Crippen LogP contribution in [-0.4, -0.2) is 24.0 Å². The Hall–Kier alpha value is -1.24. The molecule has 4 nitrogen and oxygen atoms in total. The number of aromatic nitrogens is 1. The van der Waals surface area contributed by atoms with E-state index in [1.807, 2.05) is 6.20 Å². The lowest BCUT2D eigenvalue weighted by Crippen LogP contribution is -2.26. The van der Waals surface area contributed by atoms with Crippen molar-refractivity contribution in [2.45, 2.75) is 38.0 Å². The van der Waals surface area contributed by atoms with Gasteiger partial charge in [-0.2, -0.15) is 0 Å². The van der Waals surface area contributed by atoms with Gasteiger partial charge in [-0.05, 0) is 62.2 Å². The number of carbonyl (C=O) groups is 1. The van der Waals surface area contributed by atoms with E-state index in [1.165, 1.54) is 15.3 Å². The van der Waals surface area contributed by atoms with Crippen LogP contribution < -0.4 is 10.6 Å². The molecule has 1 aliphatic heterocycles. The van der Waals surface area contributed by atoms with Crippen LogP contribution in [-0.2, 0) is 4.79 Å². The lowest BCUT2D eigenvalue weighted by atomic mass is 9.97. The van der Waals surface area contributed by atoms with Crippen LogP contribution in [0.15, 0.2) is 17.6 Å². The monoisotopic (exact) mass is 347 g/mol. The molecule has 122 valence electrons. The van der Waals surface area contributed by atoms with Gasteiger partial charge in [-0.1, -0.05) is 0 Å². The first-order chi connectivity index (χ1) is 11.2. The molecular formula is C17H21N3OS2. The van der Waals surface area contributed by atoms with E-state index in [0.29, 0.717) is 11.8 Å². The van der Waals surface area contributed by atoms with E-state index < -0.39 is 0 Å². The highest BCUT2D eigenvalue weighted by molar-refractivity contribution is 7.15. The molecule has 23 heavy (non-hydrogen) atoms. The van der Waals surface area contributed by atoms with Gasteiger partial charge < -0.3 is 10.6 Å². The Labute approximate surface area is 144 Å². The van der Waals surface area contributed by atoms with Gasteiger partial charge >= 0.3 is 0 Å². The van der Waals surface area contributed by atoms with E-state index in [4.69, 9.17) is 0 Å². The Morgan fingerprint density at radius 1 is 1.39 bits per heavy atom. The van der Waals surface area contributed by atoms with Crippen molar-refractivity contribution in [1.29, 1.82) is 0 Å². The standard InChI is InChI=1S/C17H21N3OS2/c1-10-4-7-22-15(10)12-8-13(12)16(21)20-17-19-9-14(23-17)11-2-5-18-6-3-11/h4,7,9,11-13,18H,2-3,5-6,8H2,1H3,(H,19,20,21). The van der Waals surface area contributed by atoms with E-state index >= 15 is 0 Å². The molecule has 1 saturated heterocycles. The Morgan fingerprint density at radius 3 is 2.96 bits per heavy atom. The fraction of sp³-hybridized carbons (Fsp3) is 0.529. The lowest BCUT2D eigenvalue weighted by molar-refractivity contribution is -0.117. The number of piperidine rings is 1. The summed E-state index contributed by atoms with van der Waals surface area (Å²) in [6.45, 7) is 4.29. The van der Waals surface area contributed by atoms with Crippen LogP contribution in [0.25, 0.3) is 0 Å². The first-order valence-corrected chi connectivity index (χ1v) is 9.93. The average Bonchev–Trinajstić information content (AvgIpc) is 3.02. The molecule has 4 rings (SSSR count). The molecule has 1 aliphatic carbocycles. The number of nitrogens with one attached hydrogen (secondary N) is 2. The molecule has 2 aromatic rings. The Bertz CT molecular complexity index is 702. The van der Waals surface area contributed by atoms with Crippen LogP contribution in [0.3, 0.4) is 0 Å². The normalized spacial score (nSPS) is 24.6. The number of carbonyl (C=O) groups excluding carboxylic acids is 1. The topological polar surface area (TPSA) is 54.0 Å². The SMILES string of the molecule is Cc1ccsc1C1CC1C(=O)Nc1ncc(C2CCNCC2)s1. The van der Waals surface area contributed by atoms with Crippen LogP contribution in [0.1, 0.15) is 46.4 Å². The number of hydrogen-bond donors (Lipinski definition) is 2. The maximum absolute atomic E-state index is 12.4. The van der Waals surface area contributed by atoms with Crippen LogP contribution in [0, 0.1) is 12.8 Å². The highest BCUT2D eigenvalue weighted by Gasteiger charge is 2.45. The molecule has 6 heteroatoms. The fourth-order valence-electron chi connectivity index (χ4n) is 3.38. The second kappa shape index (κ2) is 6.34. The second-order valence-corrected chi connectivity index (χ2v) is 8.51. The van der Waals surface area contributed by atoms with Crippen molar-refractivity contribution >= 4 is 33.7 Å². The maximum atomic E-state index is 12.4. The summed E-state index contributed by atoms with van der Waals surface area (Å²) in [5.74, 6) is 1.27. The lowest BCUT2D eigenvalue weighted by Gasteiger charge is -2.20. The van der Waals surface area contributed by atoms with E-state index in [-0.39, 0.29) is 11.8 Å². The molecule has 2 aliphatic rings. The molecule has 2 atom stereocenters. The van der Waals surface area contributed by atoms with Crippen molar-refractivity contribution in [2.75, 3.05) is 18.4 Å². The average molecular weight is 348 g/mol. The number of anilines is 1. The Kier molecular flexibility index (Phi) is 4.22. The van der Waals surface area contributed by atoms with E-state index in [1.54, 1.807) is 22.7 Å². The van der Waals surface area contributed by atoms with Gasteiger partial charge in [-0.3, -0.25) is 4.79 Å². The van der Waals surface area contributed by atoms with E-state index in [9.17, 15) is 4.79 Å². The minimum absolute atomic E-state index is 0.124. The Balaban J connectivity index is 1.36. The van der Waals surface area contributed by atoms with Gasteiger partial charge in [-0.15, -0.1) is 22.7 Å². The molecule has 0 spiro atoms. The summed E-state index contributed by atoms with van der Waals surface area (Å²) in [6, 6.07) is 2.14. The Morgan fingerprint density at radius 2 is 2.22 bits per heavy atom. The van der Waals surface area contributed by atoms with Gasteiger partial charge in [0.2, 0.25) is 5.91 Å². The summed E-state index contributed by atoms with van der Waals surface area (Å²) in [5, 5.41) is 9.29. The molecule has 3 heterocycles. The molecule has 0 radical (unpaired) electrons. The van der Waals surface area contributed by atoms with Crippen LogP contribution in [0.2, 0.25) is 0 Å².